The van der Waals surface area contributed by atoms with E-state index in [1.807, 2.05) is 18.2 Å². The van der Waals surface area contributed by atoms with E-state index in [0.29, 0.717) is 37.6 Å². The second-order valence-corrected chi connectivity index (χ2v) is 10.2. The van der Waals surface area contributed by atoms with Crippen LogP contribution in [0.15, 0.2) is 18.2 Å². The minimum absolute atomic E-state index is 0.0339. The zero-order valence-electron chi connectivity index (χ0n) is 22.2. The molecule has 1 aromatic carbocycles. The predicted octanol–water partition coefficient (Wildman–Crippen LogP) is 3.47. The number of carbonyl (C=O) groups excluding carboxylic acids is 1. The van der Waals surface area contributed by atoms with Crippen LogP contribution in [0.1, 0.15) is 53.0 Å². The third-order valence-electron chi connectivity index (χ3n) is 5.90. The summed E-state index contributed by atoms with van der Waals surface area (Å²) in [6.07, 6.45) is -0.448. The van der Waals surface area contributed by atoms with Crippen molar-refractivity contribution >= 4 is 12.0 Å². The number of aliphatic hydroxyl groups excluding tert-OH is 1. The molecule has 9 nitrogen and oxygen atoms in total. The molecule has 1 rings (SSSR count). The summed E-state index contributed by atoms with van der Waals surface area (Å²) >= 11 is 0. The van der Waals surface area contributed by atoms with E-state index >= 15 is 0 Å². The monoisotopic (exact) mass is 496 g/mol. The molecular weight excluding hydrogens is 452 g/mol. The fourth-order valence-electron chi connectivity index (χ4n) is 3.64. The number of hydrogen-bond acceptors (Lipinski definition) is 6. The van der Waals surface area contributed by atoms with Crippen LogP contribution in [-0.4, -0.2) is 68.3 Å². The van der Waals surface area contributed by atoms with Crippen molar-refractivity contribution in [2.45, 2.75) is 66.0 Å². The summed E-state index contributed by atoms with van der Waals surface area (Å²) in [5.74, 6) is 1.37. The van der Waals surface area contributed by atoms with Crippen LogP contribution in [0.3, 0.4) is 0 Å². The molecule has 0 saturated carbocycles. The lowest BCUT2D eigenvalue weighted by molar-refractivity contribution is -0.129. The minimum atomic E-state index is -1.21. The van der Waals surface area contributed by atoms with Crippen molar-refractivity contribution in [2.75, 3.05) is 34.0 Å². The van der Waals surface area contributed by atoms with Crippen molar-refractivity contribution in [2.24, 2.45) is 17.3 Å². The van der Waals surface area contributed by atoms with Gasteiger partial charge in [0, 0.05) is 32.1 Å². The average Bonchev–Trinajstić information content (AvgIpc) is 2.78. The van der Waals surface area contributed by atoms with E-state index in [4.69, 9.17) is 14.2 Å². The number of hydrogen-bond donors (Lipinski definition) is 4. The summed E-state index contributed by atoms with van der Waals surface area (Å²) in [4.78, 5) is 23.6. The Balaban J connectivity index is 2.96. The van der Waals surface area contributed by atoms with Gasteiger partial charge in [-0.15, -0.1) is 0 Å². The van der Waals surface area contributed by atoms with E-state index in [9.17, 15) is 19.8 Å². The molecule has 35 heavy (non-hydrogen) atoms. The maximum Gasteiger partial charge on any atom is 0.404 e. The van der Waals surface area contributed by atoms with Crippen molar-refractivity contribution in [1.29, 1.82) is 0 Å². The topological polar surface area (TPSA) is 126 Å². The smallest absolute Gasteiger partial charge is 0.404 e. The van der Waals surface area contributed by atoms with E-state index in [1.165, 1.54) is 0 Å². The molecule has 4 N–H and O–H groups in total. The number of rotatable bonds is 15. The third kappa shape index (κ3) is 11.2. The van der Waals surface area contributed by atoms with Gasteiger partial charge in [-0.3, -0.25) is 4.79 Å². The molecule has 9 heteroatoms. The molecule has 0 aliphatic rings. The Morgan fingerprint density at radius 3 is 2.31 bits per heavy atom. The fraction of sp³-hybridized carbons (Fsp3) is 0.692. The first-order valence-corrected chi connectivity index (χ1v) is 12.1. The van der Waals surface area contributed by atoms with Crippen molar-refractivity contribution in [3.8, 4) is 11.5 Å². The second kappa shape index (κ2) is 14.8. The van der Waals surface area contributed by atoms with Gasteiger partial charge in [-0.1, -0.05) is 40.7 Å². The Labute approximate surface area is 209 Å². The summed E-state index contributed by atoms with van der Waals surface area (Å²) in [6.45, 7) is 10.5. The summed E-state index contributed by atoms with van der Waals surface area (Å²) < 4.78 is 16.4. The van der Waals surface area contributed by atoms with Gasteiger partial charge in [0.2, 0.25) is 5.91 Å². The van der Waals surface area contributed by atoms with Gasteiger partial charge in [-0.2, -0.15) is 0 Å². The zero-order valence-corrected chi connectivity index (χ0v) is 22.2. The molecule has 200 valence electrons. The molecule has 0 fully saturated rings. The second-order valence-electron chi connectivity index (χ2n) is 10.2. The largest absolute Gasteiger partial charge is 0.493 e. The molecule has 0 aliphatic carbocycles. The molecule has 0 spiro atoms. The number of benzene rings is 1. The summed E-state index contributed by atoms with van der Waals surface area (Å²) in [5.41, 5.74) is 0.420. The number of methoxy groups -OCH3 is 2. The average molecular weight is 497 g/mol. The van der Waals surface area contributed by atoms with Gasteiger partial charge >= 0.3 is 6.09 Å². The molecule has 3 atom stereocenters. The quantitative estimate of drug-likeness (QED) is 0.274. The van der Waals surface area contributed by atoms with E-state index in [2.05, 4.69) is 24.5 Å². The van der Waals surface area contributed by atoms with Gasteiger partial charge in [0.05, 0.1) is 25.9 Å². The molecule has 0 radical (unpaired) electrons. The third-order valence-corrected chi connectivity index (χ3v) is 5.90. The van der Waals surface area contributed by atoms with Crippen LogP contribution in [0.2, 0.25) is 0 Å². The summed E-state index contributed by atoms with van der Waals surface area (Å²) in [5, 5.41) is 25.2. The van der Waals surface area contributed by atoms with Crippen molar-refractivity contribution < 1.29 is 34.0 Å². The van der Waals surface area contributed by atoms with E-state index in [-0.39, 0.29) is 24.3 Å². The summed E-state index contributed by atoms with van der Waals surface area (Å²) in [6, 6.07) is 5.04. The predicted molar refractivity (Wildman–Crippen MR) is 135 cm³/mol. The molecule has 0 saturated heterocycles. The highest BCUT2D eigenvalue weighted by Gasteiger charge is 2.29. The van der Waals surface area contributed by atoms with Gasteiger partial charge in [-0.25, -0.2) is 4.79 Å². The van der Waals surface area contributed by atoms with Crippen molar-refractivity contribution in [3.63, 3.8) is 0 Å². The number of nitrogens with one attached hydrogen (secondary N) is 2. The maximum absolute atomic E-state index is 12.2. The molecule has 0 bridgehead atoms. The highest BCUT2D eigenvalue weighted by molar-refractivity contribution is 5.81. The van der Waals surface area contributed by atoms with E-state index < -0.39 is 23.7 Å². The lowest BCUT2D eigenvalue weighted by Gasteiger charge is -2.30. The Morgan fingerprint density at radius 1 is 1.09 bits per heavy atom. The molecule has 1 aromatic rings. The van der Waals surface area contributed by atoms with Crippen LogP contribution in [0, 0.1) is 17.3 Å². The van der Waals surface area contributed by atoms with Crippen LogP contribution in [-0.2, 0) is 16.0 Å². The van der Waals surface area contributed by atoms with Crippen LogP contribution in [0.4, 0.5) is 4.79 Å². The fourth-order valence-corrected chi connectivity index (χ4v) is 3.64. The number of ether oxygens (including phenoxy) is 3. The van der Waals surface area contributed by atoms with E-state index in [0.717, 1.165) is 12.0 Å². The van der Waals surface area contributed by atoms with Gasteiger partial charge in [0.25, 0.3) is 0 Å². The van der Waals surface area contributed by atoms with E-state index in [1.54, 1.807) is 35.0 Å². The van der Waals surface area contributed by atoms with Crippen LogP contribution in [0.5, 0.6) is 11.5 Å². The minimum Gasteiger partial charge on any atom is -0.493 e. The first-order valence-electron chi connectivity index (χ1n) is 12.1. The highest BCUT2D eigenvalue weighted by atomic mass is 16.5. The van der Waals surface area contributed by atoms with Crippen LogP contribution >= 0.6 is 0 Å². The molecule has 2 amide bonds. The number of aliphatic hydroxyl groups is 1. The summed E-state index contributed by atoms with van der Waals surface area (Å²) in [7, 11) is 3.24. The molecule has 0 aliphatic heterocycles. The molecule has 0 heterocycles. The van der Waals surface area contributed by atoms with Gasteiger partial charge in [0.15, 0.2) is 11.5 Å². The Hall–Kier alpha value is -2.52. The maximum atomic E-state index is 12.2. The number of carboxylic acid groups (broad SMARTS) is 1. The normalized spacial score (nSPS) is 14.2. The Kier molecular flexibility index (Phi) is 12.9. The number of amides is 2. The SMILES string of the molecule is COCCCOc1cc(CC(CC(NC(=O)O)[C@@H](O)CNC(=O)C(C)(C)C)C(C)C)ccc1OC. The lowest BCUT2D eigenvalue weighted by atomic mass is 9.83. The molecule has 2 unspecified atom stereocenters. The van der Waals surface area contributed by atoms with Crippen molar-refractivity contribution in [1.82, 2.24) is 10.6 Å². The standard InChI is InChI=1S/C26H44N2O7/c1-17(2)19(13-18-9-10-22(34-7)23(14-18)35-12-8-11-33-6)15-20(28-25(31)32)21(29)16-27-24(30)26(3,4)5/h9-10,14,17,19-21,28-29H,8,11-13,15-16H2,1-7H3,(H,27,30)(H,31,32)/t19?,20?,21-/m0/s1. The first kappa shape index (κ1) is 30.5. The number of carbonyl (C=O) groups is 2. The van der Waals surface area contributed by atoms with Gasteiger partial charge in [0.1, 0.15) is 0 Å². The van der Waals surface area contributed by atoms with Gasteiger partial charge in [-0.05, 0) is 42.4 Å². The zero-order chi connectivity index (χ0) is 26.6. The molecule has 0 aromatic heterocycles. The van der Waals surface area contributed by atoms with Gasteiger partial charge < -0.3 is 35.1 Å². The Bertz CT molecular complexity index is 792. The van der Waals surface area contributed by atoms with Crippen LogP contribution < -0.4 is 20.1 Å². The lowest BCUT2D eigenvalue weighted by Crippen LogP contribution is -2.50. The highest BCUT2D eigenvalue weighted by Crippen LogP contribution is 2.31. The molecular formula is C26H44N2O7. The van der Waals surface area contributed by atoms with Crippen LogP contribution in [0.25, 0.3) is 0 Å². The first-order chi connectivity index (χ1) is 16.4. The Morgan fingerprint density at radius 2 is 1.77 bits per heavy atom. The van der Waals surface area contributed by atoms with Crippen molar-refractivity contribution in [3.05, 3.63) is 23.8 Å².